The molecule has 1 fully saturated rings. The van der Waals surface area contributed by atoms with Crippen molar-refractivity contribution in [3.63, 3.8) is 0 Å². The van der Waals surface area contributed by atoms with E-state index in [9.17, 15) is 9.18 Å². The smallest absolute Gasteiger partial charge is 0.251 e. The van der Waals surface area contributed by atoms with Crippen molar-refractivity contribution in [2.75, 3.05) is 12.4 Å². The van der Waals surface area contributed by atoms with Gasteiger partial charge in [-0.05, 0) is 42.7 Å². The van der Waals surface area contributed by atoms with Gasteiger partial charge in [0.15, 0.2) is 0 Å². The number of nitrogens with one attached hydrogen (secondary N) is 3. The van der Waals surface area contributed by atoms with Gasteiger partial charge in [-0.3, -0.25) is 4.79 Å². The monoisotopic (exact) mass is 429 g/mol. The molecule has 1 atom stereocenters. The minimum Gasteiger partial charge on any atom is -0.373 e. The van der Waals surface area contributed by atoms with Crippen LogP contribution in [0.5, 0.6) is 0 Å². The van der Waals surface area contributed by atoms with E-state index in [0.29, 0.717) is 12.3 Å². The number of amides is 1. The van der Waals surface area contributed by atoms with E-state index >= 15 is 0 Å². The molecule has 0 radical (unpaired) electrons. The third-order valence-electron chi connectivity index (χ3n) is 5.81. The highest BCUT2D eigenvalue weighted by atomic mass is 19.1. The van der Waals surface area contributed by atoms with Crippen molar-refractivity contribution in [3.8, 4) is 0 Å². The zero-order chi connectivity index (χ0) is 22.1. The maximum absolute atomic E-state index is 13.7. The first-order chi connectivity index (χ1) is 15.6. The highest BCUT2D eigenvalue weighted by Gasteiger charge is 2.29. The second kappa shape index (κ2) is 8.42. The lowest BCUT2D eigenvalue weighted by Crippen LogP contribution is -2.31. The van der Waals surface area contributed by atoms with Gasteiger partial charge in [0, 0.05) is 48.1 Å². The van der Waals surface area contributed by atoms with Crippen molar-refractivity contribution in [3.05, 3.63) is 89.3 Å². The third kappa shape index (κ3) is 4.19. The van der Waals surface area contributed by atoms with E-state index in [1.54, 1.807) is 6.07 Å². The van der Waals surface area contributed by atoms with E-state index in [2.05, 4.69) is 26.7 Å². The predicted octanol–water partition coefficient (Wildman–Crippen LogP) is 4.73. The largest absolute Gasteiger partial charge is 0.373 e. The fourth-order valence-electron chi connectivity index (χ4n) is 3.94. The molecule has 0 saturated heterocycles. The molecule has 0 aliphatic heterocycles. The zero-order valence-corrected chi connectivity index (χ0v) is 17.7. The number of anilines is 1. The molecular formula is C25H24FN5O. The number of aromatic nitrogens is 3. The molecule has 162 valence electrons. The lowest BCUT2D eigenvalue weighted by atomic mass is 10.0. The number of carbonyl (C=O) groups is 1. The van der Waals surface area contributed by atoms with Crippen LogP contribution in [0.4, 0.5) is 10.2 Å². The Balaban J connectivity index is 1.52. The van der Waals surface area contributed by atoms with Crippen molar-refractivity contribution < 1.29 is 9.18 Å². The molecule has 4 aromatic rings. The first kappa shape index (κ1) is 20.2. The number of nitrogens with zero attached hydrogens (tertiary/aromatic N) is 2. The molecular weight excluding hydrogens is 405 g/mol. The maximum Gasteiger partial charge on any atom is 0.251 e. The first-order valence-electron chi connectivity index (χ1n) is 10.8. The normalized spacial score (nSPS) is 14.3. The summed E-state index contributed by atoms with van der Waals surface area (Å²) in [5.74, 6) is 1.11. The number of aromatic amines is 1. The van der Waals surface area contributed by atoms with Crippen molar-refractivity contribution >= 4 is 22.6 Å². The van der Waals surface area contributed by atoms with E-state index in [0.717, 1.165) is 46.6 Å². The number of rotatable bonds is 7. The number of hydrogen-bond donors (Lipinski definition) is 3. The molecule has 6 nitrogen and oxygen atoms in total. The average Bonchev–Trinajstić information content (AvgIpc) is 3.59. The minimum absolute atomic E-state index is 0.277. The van der Waals surface area contributed by atoms with Gasteiger partial charge in [0.1, 0.15) is 17.5 Å². The topological polar surface area (TPSA) is 82.7 Å². The molecule has 0 unspecified atom stereocenters. The summed E-state index contributed by atoms with van der Waals surface area (Å²) >= 11 is 0. The molecule has 2 aromatic carbocycles. The Morgan fingerprint density at radius 1 is 1.16 bits per heavy atom. The summed E-state index contributed by atoms with van der Waals surface area (Å²) in [6.07, 6.45) is 4.66. The van der Waals surface area contributed by atoms with E-state index in [1.807, 2.05) is 37.5 Å². The third-order valence-corrected chi connectivity index (χ3v) is 5.81. The summed E-state index contributed by atoms with van der Waals surface area (Å²) < 4.78 is 13.7. The van der Waals surface area contributed by atoms with Crippen LogP contribution in [0.15, 0.2) is 60.8 Å². The summed E-state index contributed by atoms with van der Waals surface area (Å²) in [6, 6.07) is 15.2. The highest BCUT2D eigenvalue weighted by molar-refractivity contribution is 5.94. The van der Waals surface area contributed by atoms with E-state index in [1.165, 1.54) is 18.2 Å². The fraction of sp³-hybridized carbons (Fsp3) is 0.240. The molecule has 1 aliphatic rings. The molecule has 0 bridgehead atoms. The Bertz CT molecular complexity index is 1280. The standard InChI is InChI=1S/C25H24FN5O/c1-27-23-13-22(29-24(31-23)15-9-10-15)21(30-25(32)16-5-4-6-18(26)11-16)12-17-14-28-20-8-3-2-7-19(17)20/h2-8,11,13-15,21,28H,9-10,12H2,1H3,(H,30,32)(H,27,29,31)/t21-/m0/s1. The summed E-state index contributed by atoms with van der Waals surface area (Å²) in [6.45, 7) is 0. The molecule has 32 heavy (non-hydrogen) atoms. The molecule has 5 rings (SSSR count). The fourth-order valence-corrected chi connectivity index (χ4v) is 3.94. The number of hydrogen-bond acceptors (Lipinski definition) is 4. The van der Waals surface area contributed by atoms with Crippen LogP contribution in [0.2, 0.25) is 0 Å². The average molecular weight is 429 g/mol. The summed E-state index contributed by atoms with van der Waals surface area (Å²) in [5, 5.41) is 7.29. The van der Waals surface area contributed by atoms with Crippen molar-refractivity contribution in [1.29, 1.82) is 0 Å². The number of benzene rings is 2. The number of fused-ring (bicyclic) bond motifs is 1. The van der Waals surface area contributed by atoms with Gasteiger partial charge in [0.05, 0.1) is 11.7 Å². The van der Waals surface area contributed by atoms with E-state index in [4.69, 9.17) is 4.98 Å². The Hall–Kier alpha value is -3.74. The summed E-state index contributed by atoms with van der Waals surface area (Å²) in [4.78, 5) is 25.7. The van der Waals surface area contributed by atoms with Gasteiger partial charge in [0.2, 0.25) is 0 Å². The van der Waals surface area contributed by atoms with E-state index in [-0.39, 0.29) is 11.5 Å². The summed E-state index contributed by atoms with van der Waals surface area (Å²) in [5.41, 5.74) is 3.12. The molecule has 1 amide bonds. The Morgan fingerprint density at radius 3 is 2.78 bits per heavy atom. The Labute approximate surface area is 185 Å². The second-order valence-corrected chi connectivity index (χ2v) is 8.16. The quantitative estimate of drug-likeness (QED) is 0.397. The van der Waals surface area contributed by atoms with Crippen molar-refractivity contribution in [2.24, 2.45) is 0 Å². The van der Waals surface area contributed by atoms with Crippen LogP contribution in [0.3, 0.4) is 0 Å². The van der Waals surface area contributed by atoms with Crippen LogP contribution in [-0.4, -0.2) is 27.9 Å². The van der Waals surface area contributed by atoms with Crippen LogP contribution in [0, 0.1) is 5.82 Å². The van der Waals surface area contributed by atoms with Gasteiger partial charge in [-0.25, -0.2) is 14.4 Å². The van der Waals surface area contributed by atoms with Crippen LogP contribution < -0.4 is 10.6 Å². The molecule has 0 spiro atoms. The SMILES string of the molecule is CNc1cc([C@H](Cc2c[nH]c3ccccc23)NC(=O)c2cccc(F)c2)nc(C2CC2)n1. The van der Waals surface area contributed by atoms with Gasteiger partial charge in [-0.2, -0.15) is 0 Å². The molecule has 2 heterocycles. The van der Waals surface area contributed by atoms with Crippen molar-refractivity contribution in [2.45, 2.75) is 31.2 Å². The van der Waals surface area contributed by atoms with Crippen LogP contribution in [-0.2, 0) is 6.42 Å². The van der Waals surface area contributed by atoms with Gasteiger partial charge < -0.3 is 15.6 Å². The maximum atomic E-state index is 13.7. The number of halogens is 1. The van der Waals surface area contributed by atoms with Crippen LogP contribution in [0.25, 0.3) is 10.9 Å². The molecule has 3 N–H and O–H groups in total. The van der Waals surface area contributed by atoms with Crippen LogP contribution >= 0.6 is 0 Å². The lowest BCUT2D eigenvalue weighted by molar-refractivity contribution is 0.0935. The molecule has 1 aliphatic carbocycles. The zero-order valence-electron chi connectivity index (χ0n) is 17.7. The van der Waals surface area contributed by atoms with Crippen LogP contribution in [0.1, 0.15) is 52.2 Å². The lowest BCUT2D eigenvalue weighted by Gasteiger charge is -2.20. The number of H-pyrrole nitrogens is 1. The first-order valence-corrected chi connectivity index (χ1v) is 10.8. The summed E-state index contributed by atoms with van der Waals surface area (Å²) in [7, 11) is 1.82. The van der Waals surface area contributed by atoms with Gasteiger partial charge in [0.25, 0.3) is 5.91 Å². The second-order valence-electron chi connectivity index (χ2n) is 8.16. The Morgan fingerprint density at radius 2 is 2.00 bits per heavy atom. The molecule has 1 saturated carbocycles. The van der Waals surface area contributed by atoms with Gasteiger partial charge >= 0.3 is 0 Å². The van der Waals surface area contributed by atoms with Gasteiger partial charge in [-0.1, -0.05) is 24.3 Å². The van der Waals surface area contributed by atoms with Crippen molar-refractivity contribution in [1.82, 2.24) is 20.3 Å². The predicted molar refractivity (Wildman–Crippen MR) is 122 cm³/mol. The van der Waals surface area contributed by atoms with E-state index < -0.39 is 11.9 Å². The number of para-hydroxylation sites is 1. The Kier molecular flexibility index (Phi) is 5.31. The van der Waals surface area contributed by atoms with Gasteiger partial charge in [-0.15, -0.1) is 0 Å². The number of carbonyl (C=O) groups excluding carboxylic acids is 1. The molecule has 7 heteroatoms. The highest BCUT2D eigenvalue weighted by Crippen LogP contribution is 2.39. The minimum atomic E-state index is -0.443. The molecule has 2 aromatic heterocycles.